The summed E-state index contributed by atoms with van der Waals surface area (Å²) < 4.78 is 13.1. The molecule has 0 aromatic heterocycles. The first-order chi connectivity index (χ1) is 6.57. The zero-order valence-electron chi connectivity index (χ0n) is 8.19. The Kier molecular flexibility index (Phi) is 3.72. The minimum absolute atomic E-state index is 0.290. The van der Waals surface area contributed by atoms with Crippen LogP contribution in [0.1, 0.15) is 11.1 Å². The lowest BCUT2D eigenvalue weighted by atomic mass is 10.0. The average molecular weight is 218 g/mol. The molecule has 0 radical (unpaired) electrons. The van der Waals surface area contributed by atoms with Crippen molar-refractivity contribution in [1.29, 1.82) is 0 Å². The van der Waals surface area contributed by atoms with Gasteiger partial charge < -0.3 is 10.4 Å². The summed E-state index contributed by atoms with van der Waals surface area (Å²) in [5.74, 6) is -0.950. The second-order valence-corrected chi connectivity index (χ2v) is 3.55. The van der Waals surface area contributed by atoms with Gasteiger partial charge in [0.05, 0.1) is 0 Å². The SMILES string of the molecule is CNCCc1c(C)c(Cl)cc(F)c1O. The zero-order chi connectivity index (χ0) is 10.7. The van der Waals surface area contributed by atoms with Crippen LogP contribution >= 0.6 is 11.6 Å². The van der Waals surface area contributed by atoms with E-state index in [1.54, 1.807) is 14.0 Å². The van der Waals surface area contributed by atoms with Crippen LogP contribution in [0.3, 0.4) is 0 Å². The van der Waals surface area contributed by atoms with Gasteiger partial charge in [-0.1, -0.05) is 11.6 Å². The van der Waals surface area contributed by atoms with Gasteiger partial charge in [0, 0.05) is 10.6 Å². The van der Waals surface area contributed by atoms with E-state index >= 15 is 0 Å². The Hall–Kier alpha value is -0.800. The molecule has 1 rings (SSSR count). The molecular formula is C10H13ClFNO. The van der Waals surface area contributed by atoms with Gasteiger partial charge in [-0.25, -0.2) is 4.39 Å². The maximum atomic E-state index is 13.1. The van der Waals surface area contributed by atoms with Gasteiger partial charge >= 0.3 is 0 Å². The van der Waals surface area contributed by atoms with Crippen LogP contribution in [0.15, 0.2) is 6.07 Å². The van der Waals surface area contributed by atoms with Gasteiger partial charge in [-0.3, -0.25) is 0 Å². The third-order valence-corrected chi connectivity index (χ3v) is 2.59. The number of phenols is 1. The molecule has 0 fully saturated rings. The van der Waals surface area contributed by atoms with Gasteiger partial charge in [0.15, 0.2) is 11.6 Å². The molecule has 0 atom stereocenters. The first-order valence-corrected chi connectivity index (χ1v) is 4.76. The molecule has 2 N–H and O–H groups in total. The molecule has 1 aromatic carbocycles. The van der Waals surface area contributed by atoms with Crippen LogP contribution in [0.5, 0.6) is 5.75 Å². The van der Waals surface area contributed by atoms with Crippen molar-refractivity contribution in [1.82, 2.24) is 5.32 Å². The standard InChI is InChI=1S/C10H13ClFNO/c1-6-7(3-4-13-2)10(14)9(12)5-8(6)11/h5,13-14H,3-4H2,1-2H3. The maximum Gasteiger partial charge on any atom is 0.166 e. The predicted molar refractivity (Wildman–Crippen MR) is 55.4 cm³/mol. The fraction of sp³-hybridized carbons (Fsp3) is 0.400. The van der Waals surface area contributed by atoms with Gasteiger partial charge in [0.25, 0.3) is 0 Å². The summed E-state index contributed by atoms with van der Waals surface area (Å²) in [6, 6.07) is 1.13. The molecule has 0 aliphatic carbocycles. The first-order valence-electron chi connectivity index (χ1n) is 4.39. The van der Waals surface area contributed by atoms with Gasteiger partial charge in [-0.05, 0) is 38.6 Å². The number of nitrogens with one attached hydrogen (secondary N) is 1. The lowest BCUT2D eigenvalue weighted by Crippen LogP contribution is -2.11. The number of phenolic OH excluding ortho intramolecular Hbond substituents is 1. The summed E-state index contributed by atoms with van der Waals surface area (Å²) in [4.78, 5) is 0. The smallest absolute Gasteiger partial charge is 0.166 e. The summed E-state index contributed by atoms with van der Waals surface area (Å²) in [6.07, 6.45) is 0.561. The highest BCUT2D eigenvalue weighted by atomic mass is 35.5. The molecule has 78 valence electrons. The Morgan fingerprint density at radius 2 is 2.21 bits per heavy atom. The van der Waals surface area contributed by atoms with Crippen LogP contribution in [-0.2, 0) is 6.42 Å². The summed E-state index contributed by atoms with van der Waals surface area (Å²) in [5, 5.41) is 12.8. The van der Waals surface area contributed by atoms with Crippen molar-refractivity contribution in [3.8, 4) is 5.75 Å². The highest BCUT2D eigenvalue weighted by Crippen LogP contribution is 2.30. The van der Waals surface area contributed by atoms with Crippen molar-refractivity contribution in [3.63, 3.8) is 0 Å². The van der Waals surface area contributed by atoms with E-state index in [0.29, 0.717) is 23.6 Å². The second kappa shape index (κ2) is 4.62. The maximum absolute atomic E-state index is 13.1. The van der Waals surface area contributed by atoms with Gasteiger partial charge in [-0.15, -0.1) is 0 Å². The van der Waals surface area contributed by atoms with Crippen molar-refractivity contribution in [2.45, 2.75) is 13.3 Å². The molecule has 0 heterocycles. The van der Waals surface area contributed by atoms with Crippen molar-refractivity contribution in [2.24, 2.45) is 0 Å². The van der Waals surface area contributed by atoms with Crippen LogP contribution in [-0.4, -0.2) is 18.7 Å². The number of hydrogen-bond donors (Lipinski definition) is 2. The van der Waals surface area contributed by atoms with Crippen LogP contribution < -0.4 is 5.32 Å². The van der Waals surface area contributed by atoms with E-state index < -0.39 is 5.82 Å². The van der Waals surface area contributed by atoms with Crippen LogP contribution in [0, 0.1) is 12.7 Å². The first kappa shape index (κ1) is 11.3. The topological polar surface area (TPSA) is 32.3 Å². The fourth-order valence-corrected chi connectivity index (χ4v) is 1.52. The van der Waals surface area contributed by atoms with E-state index in [9.17, 15) is 9.50 Å². The van der Waals surface area contributed by atoms with Crippen molar-refractivity contribution in [3.05, 3.63) is 28.0 Å². The molecule has 0 aliphatic heterocycles. The van der Waals surface area contributed by atoms with E-state index in [-0.39, 0.29) is 5.75 Å². The van der Waals surface area contributed by atoms with E-state index in [1.807, 2.05) is 0 Å². The van der Waals surface area contributed by atoms with Gasteiger partial charge in [0.1, 0.15) is 0 Å². The van der Waals surface area contributed by atoms with Crippen LogP contribution in [0.2, 0.25) is 5.02 Å². The number of aromatic hydroxyl groups is 1. The molecule has 2 nitrogen and oxygen atoms in total. The minimum Gasteiger partial charge on any atom is -0.505 e. The van der Waals surface area contributed by atoms with E-state index in [0.717, 1.165) is 11.6 Å². The molecule has 0 aliphatic rings. The number of rotatable bonds is 3. The summed E-state index contributed by atoms with van der Waals surface area (Å²) in [7, 11) is 1.80. The molecule has 0 amide bonds. The Balaban J connectivity index is 3.11. The molecule has 14 heavy (non-hydrogen) atoms. The number of halogens is 2. The van der Waals surface area contributed by atoms with Crippen LogP contribution in [0.4, 0.5) is 4.39 Å². The number of hydrogen-bond acceptors (Lipinski definition) is 2. The van der Waals surface area contributed by atoms with E-state index in [4.69, 9.17) is 11.6 Å². The summed E-state index contributed by atoms with van der Waals surface area (Å²) in [6.45, 7) is 2.45. The van der Waals surface area contributed by atoms with E-state index in [1.165, 1.54) is 0 Å². The highest BCUT2D eigenvalue weighted by molar-refractivity contribution is 6.31. The molecular weight excluding hydrogens is 205 g/mol. The molecule has 1 aromatic rings. The molecule has 4 heteroatoms. The highest BCUT2D eigenvalue weighted by Gasteiger charge is 2.13. The third kappa shape index (κ3) is 2.16. The van der Waals surface area contributed by atoms with Crippen LogP contribution in [0.25, 0.3) is 0 Å². The monoisotopic (exact) mass is 217 g/mol. The molecule has 0 saturated heterocycles. The quantitative estimate of drug-likeness (QED) is 0.814. The summed E-state index contributed by atoms with van der Waals surface area (Å²) >= 11 is 5.80. The number of benzene rings is 1. The molecule has 0 bridgehead atoms. The zero-order valence-corrected chi connectivity index (χ0v) is 8.95. The molecule has 0 saturated carbocycles. The van der Waals surface area contributed by atoms with Crippen molar-refractivity contribution in [2.75, 3.05) is 13.6 Å². The van der Waals surface area contributed by atoms with Gasteiger partial charge in [-0.2, -0.15) is 0 Å². The Morgan fingerprint density at radius 3 is 2.79 bits per heavy atom. The Labute approximate surface area is 87.7 Å². The van der Waals surface area contributed by atoms with Gasteiger partial charge in [0.2, 0.25) is 0 Å². The largest absolute Gasteiger partial charge is 0.505 e. The average Bonchev–Trinajstić information content (AvgIpc) is 2.15. The second-order valence-electron chi connectivity index (χ2n) is 3.15. The lowest BCUT2D eigenvalue weighted by molar-refractivity contribution is 0.424. The Morgan fingerprint density at radius 1 is 1.57 bits per heavy atom. The fourth-order valence-electron chi connectivity index (χ4n) is 1.31. The molecule has 0 unspecified atom stereocenters. The predicted octanol–water partition coefficient (Wildman–Crippen LogP) is 2.26. The van der Waals surface area contributed by atoms with Crippen molar-refractivity contribution >= 4 is 11.6 Å². The lowest BCUT2D eigenvalue weighted by Gasteiger charge is -2.10. The Bertz CT molecular complexity index is 315. The third-order valence-electron chi connectivity index (χ3n) is 2.20. The summed E-state index contributed by atoms with van der Waals surface area (Å²) in [5.41, 5.74) is 1.31. The normalized spacial score (nSPS) is 10.6. The van der Waals surface area contributed by atoms with E-state index in [2.05, 4.69) is 5.32 Å². The minimum atomic E-state index is -0.660. The van der Waals surface area contributed by atoms with Crippen molar-refractivity contribution < 1.29 is 9.50 Å². The number of likely N-dealkylation sites (N-methyl/N-ethyl adjacent to an activating group) is 1. The molecule has 0 spiro atoms.